The van der Waals surface area contributed by atoms with Gasteiger partial charge in [-0.15, -0.1) is 0 Å². The molecule has 172 valence electrons. The quantitative estimate of drug-likeness (QED) is 0.434. The van der Waals surface area contributed by atoms with E-state index in [1.54, 1.807) is 44.2 Å². The molecule has 7 heteroatoms. The molecule has 0 radical (unpaired) electrons. The summed E-state index contributed by atoms with van der Waals surface area (Å²) >= 11 is 0. The fourth-order valence-electron chi connectivity index (χ4n) is 3.72. The van der Waals surface area contributed by atoms with Crippen LogP contribution in [0.15, 0.2) is 60.7 Å². The van der Waals surface area contributed by atoms with Crippen LogP contribution in [0.3, 0.4) is 0 Å². The molecule has 2 aromatic carbocycles. The van der Waals surface area contributed by atoms with Crippen LogP contribution in [0.5, 0.6) is 0 Å². The maximum Gasteiger partial charge on any atom is 0.320 e. The largest absolute Gasteiger partial charge is 0.468 e. The van der Waals surface area contributed by atoms with E-state index in [-0.39, 0.29) is 24.7 Å². The Morgan fingerprint density at radius 1 is 0.906 bits per heavy atom. The summed E-state index contributed by atoms with van der Waals surface area (Å²) < 4.78 is 9.62. The number of hydrogen-bond acceptors (Lipinski definition) is 6. The zero-order valence-electron chi connectivity index (χ0n) is 18.9. The summed E-state index contributed by atoms with van der Waals surface area (Å²) in [6, 6.07) is 17.4. The molecule has 2 N–H and O–H groups in total. The highest BCUT2D eigenvalue weighted by molar-refractivity contribution is 5.96. The second-order valence-corrected chi connectivity index (χ2v) is 8.31. The Bertz CT molecular complexity index is 876. The molecule has 2 rings (SSSR count). The number of benzene rings is 2. The van der Waals surface area contributed by atoms with Gasteiger partial charge in [0.1, 0.15) is 0 Å². The van der Waals surface area contributed by atoms with Crippen molar-refractivity contribution in [3.05, 3.63) is 71.8 Å². The summed E-state index contributed by atoms with van der Waals surface area (Å²) in [6.07, 6.45) is 0.235. The first-order chi connectivity index (χ1) is 15.2. The van der Waals surface area contributed by atoms with Gasteiger partial charge in [-0.05, 0) is 44.4 Å². The fourth-order valence-corrected chi connectivity index (χ4v) is 3.72. The van der Waals surface area contributed by atoms with Crippen molar-refractivity contribution in [1.29, 1.82) is 0 Å². The standard InChI is InChI=1S/C25H31NO6/c1-25(2,30)16-20(17-11-7-5-8-12-17)21(15-19(23(28)31-3)24(29)32-4)26-22(27)18-13-9-6-10-14-18/h5-14,19-21,30H,15-16H2,1-4H3,(H,26,27)/t20-,21-/m0/s1. The minimum Gasteiger partial charge on any atom is -0.468 e. The Kier molecular flexibility index (Phi) is 8.96. The third-order valence-electron chi connectivity index (χ3n) is 5.25. The Balaban J connectivity index is 2.48. The maximum absolute atomic E-state index is 13.0. The minimum atomic E-state index is -1.22. The van der Waals surface area contributed by atoms with Gasteiger partial charge < -0.3 is 19.9 Å². The average molecular weight is 442 g/mol. The molecule has 0 unspecified atom stereocenters. The number of nitrogens with one attached hydrogen (secondary N) is 1. The van der Waals surface area contributed by atoms with Gasteiger partial charge in [-0.25, -0.2) is 0 Å². The van der Waals surface area contributed by atoms with E-state index in [0.29, 0.717) is 5.56 Å². The molecule has 0 aliphatic rings. The molecule has 0 heterocycles. The smallest absolute Gasteiger partial charge is 0.320 e. The van der Waals surface area contributed by atoms with E-state index in [1.807, 2.05) is 30.3 Å². The van der Waals surface area contributed by atoms with E-state index in [2.05, 4.69) is 5.32 Å². The van der Waals surface area contributed by atoms with Crippen molar-refractivity contribution in [1.82, 2.24) is 5.32 Å². The van der Waals surface area contributed by atoms with E-state index in [4.69, 9.17) is 9.47 Å². The number of amides is 1. The van der Waals surface area contributed by atoms with Crippen LogP contribution in [0.2, 0.25) is 0 Å². The molecule has 0 saturated carbocycles. The normalized spacial score (nSPS) is 13.2. The van der Waals surface area contributed by atoms with Gasteiger partial charge in [0.05, 0.1) is 19.8 Å². The summed E-state index contributed by atoms with van der Waals surface area (Å²) in [5.74, 6) is -3.45. The van der Waals surface area contributed by atoms with E-state index >= 15 is 0 Å². The van der Waals surface area contributed by atoms with Crippen LogP contribution < -0.4 is 5.32 Å². The minimum absolute atomic E-state index is 0.0481. The van der Waals surface area contributed by atoms with Crippen molar-refractivity contribution >= 4 is 17.8 Å². The molecule has 7 nitrogen and oxygen atoms in total. The van der Waals surface area contributed by atoms with Crippen LogP contribution in [0.4, 0.5) is 0 Å². The Morgan fingerprint density at radius 3 is 1.88 bits per heavy atom. The van der Waals surface area contributed by atoms with Gasteiger partial charge in [-0.2, -0.15) is 0 Å². The second-order valence-electron chi connectivity index (χ2n) is 8.31. The number of aliphatic hydroxyl groups is 1. The predicted molar refractivity (Wildman–Crippen MR) is 120 cm³/mol. The first-order valence-corrected chi connectivity index (χ1v) is 10.4. The Hall–Kier alpha value is -3.19. The molecule has 0 fully saturated rings. The summed E-state index contributed by atoms with van der Waals surface area (Å²) in [6.45, 7) is 3.36. The van der Waals surface area contributed by atoms with E-state index < -0.39 is 29.5 Å². The summed E-state index contributed by atoms with van der Waals surface area (Å²) in [5, 5.41) is 13.6. The highest BCUT2D eigenvalue weighted by Gasteiger charge is 2.37. The first kappa shape index (κ1) is 25.1. The van der Waals surface area contributed by atoms with Crippen molar-refractivity contribution in [3.8, 4) is 0 Å². The third-order valence-corrected chi connectivity index (χ3v) is 5.25. The molecule has 0 saturated heterocycles. The SMILES string of the molecule is COC(=O)C(C[C@H](NC(=O)c1ccccc1)[C@@H](CC(C)(C)O)c1ccccc1)C(=O)OC. The number of ether oxygens (including phenoxy) is 2. The number of hydrogen-bond donors (Lipinski definition) is 2. The predicted octanol–water partition coefficient (Wildman–Crippen LogP) is 3.08. The molecule has 0 aromatic heterocycles. The zero-order valence-corrected chi connectivity index (χ0v) is 18.9. The van der Waals surface area contributed by atoms with E-state index in [9.17, 15) is 19.5 Å². The summed E-state index contributed by atoms with van der Waals surface area (Å²) in [5.41, 5.74) is 0.240. The van der Waals surface area contributed by atoms with Crippen LogP contribution in [0.25, 0.3) is 0 Å². The van der Waals surface area contributed by atoms with Crippen molar-refractivity contribution in [2.45, 2.75) is 44.2 Å². The molecule has 2 aromatic rings. The molecule has 2 atom stereocenters. The number of esters is 2. The lowest BCUT2D eigenvalue weighted by molar-refractivity contribution is -0.159. The molecule has 0 spiro atoms. The van der Waals surface area contributed by atoms with Crippen molar-refractivity contribution in [2.24, 2.45) is 5.92 Å². The summed E-state index contributed by atoms with van der Waals surface area (Å²) in [4.78, 5) is 37.7. The molecule has 0 bridgehead atoms. The third kappa shape index (κ3) is 7.20. The highest BCUT2D eigenvalue weighted by atomic mass is 16.5. The Labute approximate surface area is 188 Å². The van der Waals surface area contributed by atoms with Gasteiger partial charge in [-0.3, -0.25) is 14.4 Å². The van der Waals surface area contributed by atoms with E-state index in [1.165, 1.54) is 14.2 Å². The van der Waals surface area contributed by atoms with Crippen LogP contribution >= 0.6 is 0 Å². The van der Waals surface area contributed by atoms with Crippen LogP contribution in [0, 0.1) is 5.92 Å². The lowest BCUT2D eigenvalue weighted by Gasteiger charge is -2.34. The van der Waals surface area contributed by atoms with Crippen molar-refractivity contribution in [2.75, 3.05) is 14.2 Å². The lowest BCUT2D eigenvalue weighted by atomic mass is 9.79. The monoisotopic (exact) mass is 441 g/mol. The molecule has 1 amide bonds. The maximum atomic E-state index is 13.0. The second kappa shape index (κ2) is 11.4. The first-order valence-electron chi connectivity index (χ1n) is 10.4. The molecular formula is C25H31NO6. The van der Waals surface area contributed by atoms with Crippen LogP contribution in [-0.2, 0) is 19.1 Å². The number of methoxy groups -OCH3 is 2. The number of rotatable bonds is 10. The van der Waals surface area contributed by atoms with Crippen LogP contribution in [-0.4, -0.2) is 48.8 Å². The van der Waals surface area contributed by atoms with E-state index in [0.717, 1.165) is 5.56 Å². The highest BCUT2D eigenvalue weighted by Crippen LogP contribution is 2.33. The number of carbonyl (C=O) groups excluding carboxylic acids is 3. The topological polar surface area (TPSA) is 102 Å². The molecular weight excluding hydrogens is 410 g/mol. The van der Waals surface area contributed by atoms with Gasteiger partial charge in [0.2, 0.25) is 0 Å². The van der Waals surface area contributed by atoms with Crippen molar-refractivity contribution in [3.63, 3.8) is 0 Å². The Morgan fingerprint density at radius 2 is 1.41 bits per heavy atom. The van der Waals surface area contributed by atoms with Crippen LogP contribution in [0.1, 0.15) is 48.5 Å². The molecule has 0 aliphatic heterocycles. The zero-order chi connectivity index (χ0) is 23.7. The number of carbonyl (C=O) groups is 3. The lowest BCUT2D eigenvalue weighted by Crippen LogP contribution is -2.45. The van der Waals surface area contributed by atoms with Gasteiger partial charge in [0.15, 0.2) is 5.92 Å². The summed E-state index contributed by atoms with van der Waals surface area (Å²) in [7, 11) is 2.39. The van der Waals surface area contributed by atoms with Gasteiger partial charge in [0.25, 0.3) is 5.91 Å². The average Bonchev–Trinajstić information content (AvgIpc) is 2.79. The molecule has 32 heavy (non-hydrogen) atoms. The van der Waals surface area contributed by atoms with Gasteiger partial charge >= 0.3 is 11.9 Å². The van der Waals surface area contributed by atoms with Gasteiger partial charge in [0, 0.05) is 17.5 Å². The molecule has 0 aliphatic carbocycles. The van der Waals surface area contributed by atoms with Gasteiger partial charge in [-0.1, -0.05) is 48.5 Å². The fraction of sp³-hybridized carbons (Fsp3) is 0.400. The van der Waals surface area contributed by atoms with Crippen molar-refractivity contribution < 1.29 is 29.0 Å².